The molecule has 0 saturated heterocycles. The molecule has 21 heavy (non-hydrogen) atoms. The third-order valence-electron chi connectivity index (χ3n) is 3.04. The normalized spacial score (nSPS) is 13.5. The molecule has 2 heterocycles. The van der Waals surface area contributed by atoms with Crippen LogP contribution >= 0.6 is 11.3 Å². The highest BCUT2D eigenvalue weighted by atomic mass is 32.2. The van der Waals surface area contributed by atoms with E-state index in [0.717, 1.165) is 4.88 Å². The zero-order valence-electron chi connectivity index (χ0n) is 12.2. The van der Waals surface area contributed by atoms with E-state index in [1.165, 1.54) is 4.88 Å². The van der Waals surface area contributed by atoms with Gasteiger partial charge >= 0.3 is 0 Å². The summed E-state index contributed by atoms with van der Waals surface area (Å²) in [5, 5.41) is 15.6. The molecule has 0 spiro atoms. The standard InChI is InChI=1S/C13H19N3O3S2/c1-8(6-11-5-4-9(2)20-11)16-21(18,19)13-10(3)14-15-12(13)7-17/h4-5,8,16-17H,6-7H2,1-3H3,(H,14,15). The van der Waals surface area contributed by atoms with Crippen molar-refractivity contribution in [2.24, 2.45) is 0 Å². The lowest BCUT2D eigenvalue weighted by atomic mass is 10.2. The molecule has 0 saturated carbocycles. The Bertz CT molecular complexity index is 719. The summed E-state index contributed by atoms with van der Waals surface area (Å²) in [6, 6.07) is 3.78. The number of thiophene rings is 1. The highest BCUT2D eigenvalue weighted by molar-refractivity contribution is 7.89. The van der Waals surface area contributed by atoms with Gasteiger partial charge in [0.25, 0.3) is 0 Å². The minimum atomic E-state index is -3.70. The van der Waals surface area contributed by atoms with Gasteiger partial charge < -0.3 is 5.11 Å². The van der Waals surface area contributed by atoms with Crippen molar-refractivity contribution < 1.29 is 13.5 Å². The van der Waals surface area contributed by atoms with Crippen LogP contribution in [0.3, 0.4) is 0 Å². The summed E-state index contributed by atoms with van der Waals surface area (Å²) in [6.45, 7) is 5.04. The number of aliphatic hydroxyl groups is 1. The van der Waals surface area contributed by atoms with Gasteiger partial charge in [-0.2, -0.15) is 5.10 Å². The molecule has 0 radical (unpaired) electrons. The summed E-state index contributed by atoms with van der Waals surface area (Å²) >= 11 is 1.66. The molecule has 0 aliphatic rings. The number of aryl methyl sites for hydroxylation is 2. The Labute approximate surface area is 128 Å². The Balaban J connectivity index is 2.15. The molecule has 0 aliphatic heterocycles. The van der Waals surface area contributed by atoms with Crippen LogP contribution in [-0.4, -0.2) is 29.8 Å². The average molecular weight is 329 g/mol. The molecule has 1 atom stereocenters. The summed E-state index contributed by atoms with van der Waals surface area (Å²) in [4.78, 5) is 2.38. The van der Waals surface area contributed by atoms with Crippen LogP contribution in [0.15, 0.2) is 17.0 Å². The van der Waals surface area contributed by atoms with E-state index >= 15 is 0 Å². The van der Waals surface area contributed by atoms with Crippen molar-refractivity contribution in [3.05, 3.63) is 33.3 Å². The SMILES string of the molecule is Cc1ccc(CC(C)NS(=O)(=O)c2c(CO)n[nH]c2C)s1. The lowest BCUT2D eigenvalue weighted by Crippen LogP contribution is -2.34. The number of aromatic nitrogens is 2. The first-order chi connectivity index (χ1) is 9.83. The Kier molecular flexibility index (Phi) is 4.82. The fourth-order valence-electron chi connectivity index (χ4n) is 2.20. The van der Waals surface area contributed by atoms with Gasteiger partial charge in [0.05, 0.1) is 12.3 Å². The maximum absolute atomic E-state index is 12.4. The number of aromatic amines is 1. The maximum atomic E-state index is 12.4. The number of rotatable bonds is 6. The van der Waals surface area contributed by atoms with Gasteiger partial charge in [-0.3, -0.25) is 5.10 Å². The quantitative estimate of drug-likeness (QED) is 0.748. The highest BCUT2D eigenvalue weighted by Crippen LogP contribution is 2.20. The third kappa shape index (κ3) is 3.70. The van der Waals surface area contributed by atoms with E-state index in [-0.39, 0.29) is 16.6 Å². The van der Waals surface area contributed by atoms with Gasteiger partial charge in [-0.05, 0) is 39.3 Å². The van der Waals surface area contributed by atoms with E-state index in [9.17, 15) is 13.5 Å². The lowest BCUT2D eigenvalue weighted by Gasteiger charge is -2.13. The zero-order chi connectivity index (χ0) is 15.6. The molecule has 116 valence electrons. The van der Waals surface area contributed by atoms with E-state index in [0.29, 0.717) is 12.1 Å². The monoisotopic (exact) mass is 329 g/mol. The topological polar surface area (TPSA) is 95.1 Å². The molecule has 6 nitrogen and oxygen atoms in total. The summed E-state index contributed by atoms with van der Waals surface area (Å²) in [6.07, 6.45) is 0.628. The summed E-state index contributed by atoms with van der Waals surface area (Å²) < 4.78 is 27.5. The second-order valence-corrected chi connectivity index (χ2v) is 8.04. The van der Waals surface area contributed by atoms with Crippen LogP contribution in [0.4, 0.5) is 0 Å². The maximum Gasteiger partial charge on any atom is 0.244 e. The Morgan fingerprint density at radius 2 is 2.14 bits per heavy atom. The zero-order valence-corrected chi connectivity index (χ0v) is 13.8. The van der Waals surface area contributed by atoms with Gasteiger partial charge in [0.2, 0.25) is 10.0 Å². The van der Waals surface area contributed by atoms with Gasteiger partial charge in [0.15, 0.2) is 0 Å². The predicted molar refractivity (Wildman–Crippen MR) is 81.8 cm³/mol. The fourth-order valence-corrected chi connectivity index (χ4v) is 4.81. The number of aliphatic hydroxyl groups excluding tert-OH is 1. The molecule has 0 amide bonds. The van der Waals surface area contributed by atoms with Crippen molar-refractivity contribution in [1.82, 2.24) is 14.9 Å². The largest absolute Gasteiger partial charge is 0.390 e. The molecule has 0 aliphatic carbocycles. The van der Waals surface area contributed by atoms with Crippen LogP contribution < -0.4 is 4.72 Å². The summed E-state index contributed by atoms with van der Waals surface area (Å²) in [5.41, 5.74) is 0.560. The number of nitrogens with zero attached hydrogens (tertiary/aromatic N) is 1. The number of hydrogen-bond donors (Lipinski definition) is 3. The van der Waals surface area contributed by atoms with Crippen LogP contribution in [0.5, 0.6) is 0 Å². The van der Waals surface area contributed by atoms with Crippen molar-refractivity contribution in [1.29, 1.82) is 0 Å². The second-order valence-electron chi connectivity index (χ2n) is 5.02. The predicted octanol–water partition coefficient (Wildman–Crippen LogP) is 1.49. The second kappa shape index (κ2) is 6.27. The van der Waals surface area contributed by atoms with Crippen LogP contribution in [0.1, 0.15) is 28.1 Å². The fraction of sp³-hybridized carbons (Fsp3) is 0.462. The first-order valence-electron chi connectivity index (χ1n) is 6.56. The molecule has 3 N–H and O–H groups in total. The van der Waals surface area contributed by atoms with Crippen LogP contribution in [-0.2, 0) is 23.1 Å². The van der Waals surface area contributed by atoms with Crippen LogP contribution in [0.25, 0.3) is 0 Å². The number of nitrogens with one attached hydrogen (secondary N) is 2. The molecular weight excluding hydrogens is 310 g/mol. The van der Waals surface area contributed by atoms with E-state index in [2.05, 4.69) is 14.9 Å². The molecule has 2 rings (SSSR count). The van der Waals surface area contributed by atoms with Crippen molar-refractivity contribution in [3.63, 3.8) is 0 Å². The smallest absolute Gasteiger partial charge is 0.244 e. The summed E-state index contributed by atoms with van der Waals surface area (Å²) in [7, 11) is -3.70. The first-order valence-corrected chi connectivity index (χ1v) is 8.85. The van der Waals surface area contributed by atoms with Gasteiger partial charge in [0, 0.05) is 15.8 Å². The Morgan fingerprint density at radius 1 is 1.43 bits per heavy atom. The molecule has 1 unspecified atom stereocenters. The number of H-pyrrole nitrogens is 1. The molecule has 8 heteroatoms. The van der Waals surface area contributed by atoms with Gasteiger partial charge in [0.1, 0.15) is 10.6 Å². The highest BCUT2D eigenvalue weighted by Gasteiger charge is 2.25. The van der Waals surface area contributed by atoms with Crippen molar-refractivity contribution in [2.45, 2.75) is 44.7 Å². The van der Waals surface area contributed by atoms with Crippen molar-refractivity contribution in [3.8, 4) is 0 Å². The molecule has 0 fully saturated rings. The Morgan fingerprint density at radius 3 is 2.71 bits per heavy atom. The van der Waals surface area contributed by atoms with Gasteiger partial charge in [-0.25, -0.2) is 13.1 Å². The first kappa shape index (κ1) is 16.2. The van der Waals surface area contributed by atoms with Crippen molar-refractivity contribution >= 4 is 21.4 Å². The van der Waals surface area contributed by atoms with Crippen molar-refractivity contribution in [2.75, 3.05) is 0 Å². The minimum absolute atomic E-state index is 0.0409. The summed E-state index contributed by atoms with van der Waals surface area (Å²) in [5.74, 6) is 0. The molecule has 0 aromatic carbocycles. The number of sulfonamides is 1. The van der Waals surface area contributed by atoms with Gasteiger partial charge in [-0.1, -0.05) is 0 Å². The molecule has 0 bridgehead atoms. The third-order valence-corrected chi connectivity index (χ3v) is 5.85. The molecule has 2 aromatic heterocycles. The molecular formula is C13H19N3O3S2. The minimum Gasteiger partial charge on any atom is -0.390 e. The Hall–Kier alpha value is -1.22. The number of hydrogen-bond acceptors (Lipinski definition) is 5. The average Bonchev–Trinajstić information content (AvgIpc) is 2.94. The lowest BCUT2D eigenvalue weighted by molar-refractivity contribution is 0.273. The van der Waals surface area contributed by atoms with E-state index in [1.54, 1.807) is 18.3 Å². The van der Waals surface area contributed by atoms with Gasteiger partial charge in [-0.15, -0.1) is 11.3 Å². The van der Waals surface area contributed by atoms with E-state index in [1.807, 2.05) is 26.0 Å². The molecule has 2 aromatic rings. The van der Waals surface area contributed by atoms with Crippen LogP contribution in [0.2, 0.25) is 0 Å². The van der Waals surface area contributed by atoms with E-state index < -0.39 is 16.6 Å². The van der Waals surface area contributed by atoms with Crippen LogP contribution in [0, 0.1) is 13.8 Å². The van der Waals surface area contributed by atoms with E-state index in [4.69, 9.17) is 0 Å².